The first-order chi connectivity index (χ1) is 5.77. The molecule has 2 N–H and O–H groups in total. The molecule has 0 radical (unpaired) electrons. The van der Waals surface area contributed by atoms with Crippen LogP contribution >= 0.6 is 0 Å². The van der Waals surface area contributed by atoms with E-state index in [-0.39, 0.29) is 0 Å². The first-order valence-corrected chi connectivity index (χ1v) is 4.16. The normalized spacial score (nSPS) is 10.8. The summed E-state index contributed by atoms with van der Waals surface area (Å²) < 4.78 is 0. The Labute approximate surface area is 73.1 Å². The highest BCUT2D eigenvalue weighted by Gasteiger charge is 1.98. The van der Waals surface area contributed by atoms with Crippen LogP contribution in [0, 0.1) is 0 Å². The van der Waals surface area contributed by atoms with E-state index in [1.165, 1.54) is 5.56 Å². The summed E-state index contributed by atoms with van der Waals surface area (Å²) in [5, 5.41) is 0. The Bertz CT molecular complexity index is 290. The predicted octanol–water partition coefficient (Wildman–Crippen LogP) is 2.26. The number of nitrogens with two attached hydrogens (primary N) is 1. The second kappa shape index (κ2) is 3.90. The van der Waals surface area contributed by atoms with Crippen LogP contribution in [0.15, 0.2) is 18.2 Å². The standard InChI is InChI=1S/C10H14N2/c1-3-5-9-8(4-2)6-7-10(11)12-9/h3,5-7H,4H2,1-2H3,(H2,11,12)/b5-3-. The molecular weight excluding hydrogens is 148 g/mol. The van der Waals surface area contributed by atoms with Gasteiger partial charge in [0.15, 0.2) is 0 Å². The third kappa shape index (κ3) is 1.84. The Hall–Kier alpha value is -1.31. The first-order valence-electron chi connectivity index (χ1n) is 4.16. The zero-order chi connectivity index (χ0) is 8.97. The Morgan fingerprint density at radius 1 is 1.50 bits per heavy atom. The fourth-order valence-electron chi connectivity index (χ4n) is 1.12. The van der Waals surface area contributed by atoms with Crippen molar-refractivity contribution in [1.29, 1.82) is 0 Å². The van der Waals surface area contributed by atoms with E-state index in [0.29, 0.717) is 5.82 Å². The lowest BCUT2D eigenvalue weighted by Gasteiger charge is -2.02. The summed E-state index contributed by atoms with van der Waals surface area (Å²) in [6.07, 6.45) is 4.95. The molecule has 1 aromatic rings. The van der Waals surface area contributed by atoms with Crippen LogP contribution in [0.3, 0.4) is 0 Å². The lowest BCUT2D eigenvalue weighted by molar-refractivity contribution is 1.09. The Balaban J connectivity index is 3.12. The van der Waals surface area contributed by atoms with Gasteiger partial charge in [-0.3, -0.25) is 0 Å². The smallest absolute Gasteiger partial charge is 0.124 e. The second-order valence-electron chi connectivity index (χ2n) is 2.63. The minimum Gasteiger partial charge on any atom is -0.384 e. The maximum Gasteiger partial charge on any atom is 0.124 e. The molecule has 2 nitrogen and oxygen atoms in total. The minimum absolute atomic E-state index is 0.584. The number of aromatic nitrogens is 1. The number of pyridine rings is 1. The molecule has 0 saturated carbocycles. The lowest BCUT2D eigenvalue weighted by Crippen LogP contribution is -1.95. The molecule has 0 aliphatic carbocycles. The van der Waals surface area contributed by atoms with E-state index in [9.17, 15) is 0 Å². The number of rotatable bonds is 2. The highest BCUT2D eigenvalue weighted by Crippen LogP contribution is 2.11. The highest BCUT2D eigenvalue weighted by molar-refractivity contribution is 5.52. The molecule has 1 heterocycles. The van der Waals surface area contributed by atoms with Crippen LogP contribution in [0.1, 0.15) is 25.1 Å². The summed E-state index contributed by atoms with van der Waals surface area (Å²) in [6.45, 7) is 4.09. The van der Waals surface area contributed by atoms with Gasteiger partial charge in [0.25, 0.3) is 0 Å². The number of allylic oxidation sites excluding steroid dienone is 1. The molecule has 2 heteroatoms. The monoisotopic (exact) mass is 162 g/mol. The third-order valence-corrected chi connectivity index (χ3v) is 1.74. The van der Waals surface area contributed by atoms with Gasteiger partial charge in [-0.1, -0.05) is 19.1 Å². The zero-order valence-electron chi connectivity index (χ0n) is 7.54. The summed E-state index contributed by atoms with van der Waals surface area (Å²) in [6, 6.07) is 3.86. The van der Waals surface area contributed by atoms with Crippen LogP contribution in [0.2, 0.25) is 0 Å². The van der Waals surface area contributed by atoms with Gasteiger partial charge in [0.05, 0.1) is 5.69 Å². The van der Waals surface area contributed by atoms with E-state index < -0.39 is 0 Å². The van der Waals surface area contributed by atoms with Crippen LogP contribution in [-0.2, 0) is 6.42 Å². The zero-order valence-corrected chi connectivity index (χ0v) is 7.54. The molecule has 0 fully saturated rings. The van der Waals surface area contributed by atoms with Crippen LogP contribution in [0.25, 0.3) is 6.08 Å². The Morgan fingerprint density at radius 3 is 2.83 bits per heavy atom. The van der Waals surface area contributed by atoms with Gasteiger partial charge in [-0.25, -0.2) is 4.98 Å². The van der Waals surface area contributed by atoms with Crippen LogP contribution < -0.4 is 5.73 Å². The average molecular weight is 162 g/mol. The summed E-state index contributed by atoms with van der Waals surface area (Å²) in [5.41, 5.74) is 7.79. The first kappa shape index (κ1) is 8.78. The average Bonchev–Trinajstić information content (AvgIpc) is 2.05. The van der Waals surface area contributed by atoms with Gasteiger partial charge in [0.1, 0.15) is 5.82 Å². The Kier molecular flexibility index (Phi) is 2.86. The number of nitrogen functional groups attached to an aromatic ring is 1. The van der Waals surface area contributed by atoms with Crippen molar-refractivity contribution in [2.75, 3.05) is 5.73 Å². The maximum atomic E-state index is 5.57. The second-order valence-corrected chi connectivity index (χ2v) is 2.63. The third-order valence-electron chi connectivity index (χ3n) is 1.74. The molecule has 0 atom stereocenters. The van der Waals surface area contributed by atoms with Crippen molar-refractivity contribution >= 4 is 11.9 Å². The molecule has 64 valence electrons. The molecule has 0 aliphatic heterocycles. The van der Waals surface area contributed by atoms with Crippen molar-refractivity contribution in [2.45, 2.75) is 20.3 Å². The predicted molar refractivity (Wildman–Crippen MR) is 52.7 cm³/mol. The van der Waals surface area contributed by atoms with Gasteiger partial charge < -0.3 is 5.73 Å². The van der Waals surface area contributed by atoms with Crippen molar-refractivity contribution in [3.8, 4) is 0 Å². The van der Waals surface area contributed by atoms with E-state index in [0.717, 1.165) is 12.1 Å². The van der Waals surface area contributed by atoms with Gasteiger partial charge in [0, 0.05) is 0 Å². The van der Waals surface area contributed by atoms with Crippen molar-refractivity contribution in [3.05, 3.63) is 29.5 Å². The van der Waals surface area contributed by atoms with Gasteiger partial charge in [-0.15, -0.1) is 0 Å². The van der Waals surface area contributed by atoms with E-state index in [1.807, 2.05) is 31.2 Å². The van der Waals surface area contributed by atoms with E-state index in [2.05, 4.69) is 11.9 Å². The van der Waals surface area contributed by atoms with Crippen molar-refractivity contribution in [3.63, 3.8) is 0 Å². The number of aryl methyl sites for hydroxylation is 1. The molecule has 0 aliphatic rings. The fraction of sp³-hybridized carbons (Fsp3) is 0.300. The molecule has 0 amide bonds. The molecule has 0 aromatic carbocycles. The minimum atomic E-state index is 0.584. The van der Waals surface area contributed by atoms with Crippen LogP contribution in [0.4, 0.5) is 5.82 Å². The number of hydrogen-bond donors (Lipinski definition) is 1. The molecule has 1 rings (SSSR count). The van der Waals surface area contributed by atoms with Crippen molar-refractivity contribution < 1.29 is 0 Å². The molecule has 0 bridgehead atoms. The summed E-state index contributed by atoms with van der Waals surface area (Å²) in [4.78, 5) is 4.22. The van der Waals surface area contributed by atoms with E-state index in [1.54, 1.807) is 0 Å². The van der Waals surface area contributed by atoms with Crippen LogP contribution in [-0.4, -0.2) is 4.98 Å². The van der Waals surface area contributed by atoms with Gasteiger partial charge in [-0.2, -0.15) is 0 Å². The lowest BCUT2D eigenvalue weighted by atomic mass is 10.1. The molecule has 0 spiro atoms. The molecule has 12 heavy (non-hydrogen) atoms. The quantitative estimate of drug-likeness (QED) is 0.724. The molecule has 0 unspecified atom stereocenters. The SMILES string of the molecule is C/C=C\c1nc(N)ccc1CC. The van der Waals surface area contributed by atoms with Gasteiger partial charge >= 0.3 is 0 Å². The van der Waals surface area contributed by atoms with Gasteiger partial charge in [-0.05, 0) is 31.1 Å². The summed E-state index contributed by atoms with van der Waals surface area (Å²) >= 11 is 0. The van der Waals surface area contributed by atoms with Crippen molar-refractivity contribution in [2.24, 2.45) is 0 Å². The number of anilines is 1. The largest absolute Gasteiger partial charge is 0.384 e. The van der Waals surface area contributed by atoms with Crippen molar-refractivity contribution in [1.82, 2.24) is 4.98 Å². The summed E-state index contributed by atoms with van der Waals surface area (Å²) in [7, 11) is 0. The topological polar surface area (TPSA) is 38.9 Å². The Morgan fingerprint density at radius 2 is 2.25 bits per heavy atom. The van der Waals surface area contributed by atoms with E-state index in [4.69, 9.17) is 5.73 Å². The molecule has 0 saturated heterocycles. The van der Waals surface area contributed by atoms with Crippen LogP contribution in [0.5, 0.6) is 0 Å². The van der Waals surface area contributed by atoms with Gasteiger partial charge in [0.2, 0.25) is 0 Å². The summed E-state index contributed by atoms with van der Waals surface area (Å²) in [5.74, 6) is 0.584. The number of nitrogens with zero attached hydrogens (tertiary/aromatic N) is 1. The fourth-order valence-corrected chi connectivity index (χ4v) is 1.12. The maximum absolute atomic E-state index is 5.57. The molecule has 1 aromatic heterocycles. The van der Waals surface area contributed by atoms with E-state index >= 15 is 0 Å². The number of hydrogen-bond acceptors (Lipinski definition) is 2. The highest BCUT2D eigenvalue weighted by atomic mass is 14.8. The molecular formula is C10H14N2.